The number of hydrogen-bond donors (Lipinski definition) is 1. The van der Waals surface area contributed by atoms with Crippen LogP contribution >= 0.6 is 0 Å². The van der Waals surface area contributed by atoms with Crippen LogP contribution in [0.3, 0.4) is 0 Å². The topological polar surface area (TPSA) is 66.6 Å². The summed E-state index contributed by atoms with van der Waals surface area (Å²) in [4.78, 5) is 12.4. The van der Waals surface area contributed by atoms with Gasteiger partial charge in [0.15, 0.2) is 0 Å². The molecule has 0 aliphatic carbocycles. The Kier molecular flexibility index (Phi) is 3.02. The molecule has 5 heteroatoms. The van der Waals surface area contributed by atoms with Gasteiger partial charge in [0.05, 0.1) is 4.92 Å². The van der Waals surface area contributed by atoms with Crippen LogP contribution in [0.5, 0.6) is 0 Å². The maximum Gasteiger partial charge on any atom is 0.272 e. The number of benzene rings is 1. The van der Waals surface area contributed by atoms with Crippen molar-refractivity contribution in [1.82, 2.24) is 0 Å². The first-order valence-corrected chi connectivity index (χ1v) is 6.06. The van der Waals surface area contributed by atoms with Crippen molar-refractivity contribution in [3.63, 3.8) is 0 Å². The van der Waals surface area contributed by atoms with Gasteiger partial charge in [-0.25, -0.2) is 0 Å². The number of rotatable bonds is 3. The number of aliphatic hydroxyl groups is 1. The molecule has 1 fully saturated rings. The molecule has 1 heterocycles. The average Bonchev–Trinajstić information content (AvgIpc) is 2.23. The number of β-amino-alcohol motifs (C(OH)–C–C–N with tert-alkyl or cyclic N) is 1. The fourth-order valence-electron chi connectivity index (χ4n) is 2.20. The smallest absolute Gasteiger partial charge is 0.272 e. The average molecular weight is 250 g/mol. The molecule has 1 aromatic rings. The summed E-state index contributed by atoms with van der Waals surface area (Å²) in [5.41, 5.74) is 1.09. The van der Waals surface area contributed by atoms with Crippen molar-refractivity contribution < 1.29 is 10.0 Å². The number of aryl methyl sites for hydroxylation is 1. The molecule has 1 saturated heterocycles. The Bertz CT molecular complexity index is 479. The van der Waals surface area contributed by atoms with Crippen LogP contribution in [0, 0.1) is 23.0 Å². The highest BCUT2D eigenvalue weighted by Crippen LogP contribution is 2.34. The van der Waals surface area contributed by atoms with Crippen LogP contribution in [0.4, 0.5) is 11.4 Å². The maximum absolute atomic E-state index is 10.7. The van der Waals surface area contributed by atoms with E-state index in [1.54, 1.807) is 19.1 Å². The van der Waals surface area contributed by atoms with Gasteiger partial charge in [-0.15, -0.1) is 0 Å². The Hall–Kier alpha value is -1.62. The lowest BCUT2D eigenvalue weighted by molar-refractivity contribution is -0.385. The van der Waals surface area contributed by atoms with Gasteiger partial charge >= 0.3 is 0 Å². The van der Waals surface area contributed by atoms with Crippen LogP contribution < -0.4 is 4.90 Å². The largest absolute Gasteiger partial charge is 0.386 e. The van der Waals surface area contributed by atoms with Crippen molar-refractivity contribution in [3.8, 4) is 0 Å². The third kappa shape index (κ3) is 2.06. The molecule has 1 aliphatic rings. The lowest BCUT2D eigenvalue weighted by Crippen LogP contribution is -2.64. The van der Waals surface area contributed by atoms with E-state index in [-0.39, 0.29) is 16.5 Å². The second kappa shape index (κ2) is 4.24. The predicted octanol–water partition coefficient (Wildman–Crippen LogP) is 2.11. The highest BCUT2D eigenvalue weighted by molar-refractivity contribution is 5.57. The molecule has 0 radical (unpaired) electrons. The van der Waals surface area contributed by atoms with Gasteiger partial charge in [-0.05, 0) is 25.0 Å². The molecule has 18 heavy (non-hydrogen) atoms. The maximum atomic E-state index is 10.7. The molecule has 5 nitrogen and oxygen atoms in total. The molecule has 0 amide bonds. The van der Waals surface area contributed by atoms with Crippen molar-refractivity contribution in [2.45, 2.75) is 26.4 Å². The number of nitro groups is 1. The van der Waals surface area contributed by atoms with E-state index in [1.165, 1.54) is 6.07 Å². The lowest BCUT2D eigenvalue weighted by Gasteiger charge is -2.50. The van der Waals surface area contributed by atoms with E-state index in [0.29, 0.717) is 18.7 Å². The Morgan fingerprint density at radius 2 is 2.06 bits per heavy atom. The van der Waals surface area contributed by atoms with E-state index in [0.717, 1.165) is 5.69 Å². The molecule has 0 aromatic heterocycles. The first-order chi connectivity index (χ1) is 8.33. The monoisotopic (exact) mass is 250 g/mol. The summed E-state index contributed by atoms with van der Waals surface area (Å²) < 4.78 is 0. The van der Waals surface area contributed by atoms with Crippen molar-refractivity contribution in [2.75, 3.05) is 18.0 Å². The minimum Gasteiger partial charge on any atom is -0.386 e. The van der Waals surface area contributed by atoms with Gasteiger partial charge in [0, 0.05) is 30.4 Å². The molecule has 0 unspecified atom stereocenters. The summed E-state index contributed by atoms with van der Waals surface area (Å²) in [5, 5.41) is 20.9. The van der Waals surface area contributed by atoms with Gasteiger partial charge in [-0.3, -0.25) is 10.1 Å². The zero-order valence-electron chi connectivity index (χ0n) is 10.9. The van der Waals surface area contributed by atoms with Crippen molar-refractivity contribution in [1.29, 1.82) is 0 Å². The summed E-state index contributed by atoms with van der Waals surface area (Å²) in [6.45, 7) is 6.90. The third-order valence-corrected chi connectivity index (χ3v) is 3.75. The summed E-state index contributed by atoms with van der Waals surface area (Å²) >= 11 is 0. The van der Waals surface area contributed by atoms with Gasteiger partial charge < -0.3 is 10.0 Å². The van der Waals surface area contributed by atoms with E-state index in [9.17, 15) is 15.2 Å². The summed E-state index contributed by atoms with van der Waals surface area (Å²) in [6.07, 6.45) is 0. The quantitative estimate of drug-likeness (QED) is 0.659. The van der Waals surface area contributed by atoms with Gasteiger partial charge in [-0.2, -0.15) is 0 Å². The van der Waals surface area contributed by atoms with Crippen molar-refractivity contribution >= 4 is 11.4 Å². The molecule has 1 aliphatic heterocycles. The summed E-state index contributed by atoms with van der Waals surface area (Å²) in [7, 11) is 0. The number of nitrogens with zero attached hydrogens (tertiary/aromatic N) is 2. The molecule has 1 aromatic carbocycles. The van der Waals surface area contributed by atoms with Gasteiger partial charge in [0.25, 0.3) is 5.69 Å². The van der Waals surface area contributed by atoms with Gasteiger partial charge in [0.1, 0.15) is 5.60 Å². The highest BCUT2D eigenvalue weighted by Gasteiger charge is 2.43. The van der Waals surface area contributed by atoms with E-state index in [1.807, 2.05) is 18.7 Å². The van der Waals surface area contributed by atoms with E-state index < -0.39 is 5.60 Å². The van der Waals surface area contributed by atoms with E-state index >= 15 is 0 Å². The molecular formula is C13H18N2O3. The molecule has 98 valence electrons. The van der Waals surface area contributed by atoms with Crippen LogP contribution in [0.2, 0.25) is 0 Å². The Morgan fingerprint density at radius 3 is 2.50 bits per heavy atom. The van der Waals surface area contributed by atoms with Crippen LogP contribution in [0.25, 0.3) is 0 Å². The second-order valence-electron chi connectivity index (χ2n) is 5.34. The third-order valence-electron chi connectivity index (χ3n) is 3.75. The zero-order chi connectivity index (χ0) is 13.5. The SMILES string of the molecule is Cc1cc(N2CC(O)(C(C)C)C2)ccc1[N+](=O)[O-]. The first kappa shape index (κ1) is 12.8. The molecular weight excluding hydrogens is 232 g/mol. The first-order valence-electron chi connectivity index (χ1n) is 6.06. The number of hydrogen-bond acceptors (Lipinski definition) is 4. The highest BCUT2D eigenvalue weighted by atomic mass is 16.6. The minimum absolute atomic E-state index is 0.137. The standard InChI is InChI=1S/C13H18N2O3/c1-9(2)13(16)7-14(8-13)11-4-5-12(15(17)18)10(3)6-11/h4-6,9,16H,7-8H2,1-3H3. The Morgan fingerprint density at radius 1 is 1.44 bits per heavy atom. The summed E-state index contributed by atoms with van der Waals surface area (Å²) in [5.74, 6) is 0.216. The van der Waals surface area contributed by atoms with Crippen LogP contribution in [-0.4, -0.2) is 28.7 Å². The van der Waals surface area contributed by atoms with E-state index in [2.05, 4.69) is 0 Å². The fourth-order valence-corrected chi connectivity index (χ4v) is 2.20. The predicted molar refractivity (Wildman–Crippen MR) is 69.8 cm³/mol. The number of anilines is 1. The Balaban J connectivity index is 2.14. The molecule has 0 bridgehead atoms. The fraction of sp³-hybridized carbons (Fsp3) is 0.538. The lowest BCUT2D eigenvalue weighted by atomic mass is 9.82. The molecule has 1 N–H and O–H groups in total. The van der Waals surface area contributed by atoms with Crippen LogP contribution in [-0.2, 0) is 0 Å². The van der Waals surface area contributed by atoms with Crippen molar-refractivity contribution in [3.05, 3.63) is 33.9 Å². The van der Waals surface area contributed by atoms with Gasteiger partial charge in [0.2, 0.25) is 0 Å². The van der Waals surface area contributed by atoms with Crippen LogP contribution in [0.1, 0.15) is 19.4 Å². The minimum atomic E-state index is -0.629. The van der Waals surface area contributed by atoms with Crippen molar-refractivity contribution in [2.24, 2.45) is 5.92 Å². The zero-order valence-corrected chi connectivity index (χ0v) is 10.9. The molecule has 2 rings (SSSR count). The normalized spacial score (nSPS) is 17.7. The number of nitro benzene ring substituents is 1. The van der Waals surface area contributed by atoms with Crippen LogP contribution in [0.15, 0.2) is 18.2 Å². The Labute approximate surface area is 106 Å². The van der Waals surface area contributed by atoms with Gasteiger partial charge in [-0.1, -0.05) is 13.8 Å². The molecule has 0 saturated carbocycles. The molecule has 0 spiro atoms. The van der Waals surface area contributed by atoms with E-state index in [4.69, 9.17) is 0 Å². The molecule has 0 atom stereocenters. The summed E-state index contributed by atoms with van der Waals surface area (Å²) in [6, 6.07) is 5.07. The second-order valence-corrected chi connectivity index (χ2v) is 5.34.